The lowest BCUT2D eigenvalue weighted by Gasteiger charge is -2.25. The topological polar surface area (TPSA) is 24.1 Å². The Morgan fingerprint density at radius 3 is 2.94 bits per heavy atom. The average Bonchev–Trinajstić information content (AvgIpc) is 2.33. The molecule has 1 aromatic rings. The van der Waals surface area contributed by atoms with E-state index in [1.165, 1.54) is 6.07 Å². The van der Waals surface area contributed by atoms with Gasteiger partial charge in [-0.3, -0.25) is 0 Å². The minimum Gasteiger partial charge on any atom is -0.379 e. The Kier molecular flexibility index (Phi) is 3.72. The molecule has 2 nitrogen and oxygen atoms in total. The van der Waals surface area contributed by atoms with Crippen LogP contribution in [0.3, 0.4) is 0 Å². The number of anilines is 1. The van der Waals surface area contributed by atoms with Crippen LogP contribution in [-0.2, 0) is 6.67 Å². The maximum absolute atomic E-state index is 13.5. The van der Waals surface area contributed by atoms with Crippen LogP contribution in [0.2, 0.25) is 0 Å². The van der Waals surface area contributed by atoms with Gasteiger partial charge < -0.3 is 10.6 Å². The third-order valence-corrected chi connectivity index (χ3v) is 2.84. The summed E-state index contributed by atoms with van der Waals surface area (Å²) in [6, 6.07) is 4.73. The predicted molar refractivity (Wildman–Crippen MR) is 60.7 cm³/mol. The summed E-state index contributed by atoms with van der Waals surface area (Å²) in [4.78, 5) is 0. The van der Waals surface area contributed by atoms with Gasteiger partial charge in [-0.2, -0.15) is 0 Å². The molecule has 1 aliphatic rings. The number of alkyl halides is 1. The van der Waals surface area contributed by atoms with Crippen molar-refractivity contribution >= 4 is 5.69 Å². The largest absolute Gasteiger partial charge is 0.379 e. The Balaban J connectivity index is 2.03. The molecule has 1 aliphatic heterocycles. The van der Waals surface area contributed by atoms with E-state index in [1.54, 1.807) is 12.1 Å². The molecule has 16 heavy (non-hydrogen) atoms. The number of hydrogen-bond acceptors (Lipinski definition) is 2. The number of halogens is 2. The molecule has 0 saturated carbocycles. The first-order chi connectivity index (χ1) is 7.79. The maximum atomic E-state index is 13.5. The molecule has 0 bridgehead atoms. The van der Waals surface area contributed by atoms with E-state index in [2.05, 4.69) is 10.6 Å². The van der Waals surface area contributed by atoms with Crippen LogP contribution in [0.4, 0.5) is 14.5 Å². The molecule has 1 fully saturated rings. The van der Waals surface area contributed by atoms with E-state index in [0.29, 0.717) is 11.3 Å². The minimum atomic E-state index is -0.623. The molecule has 1 heterocycles. The van der Waals surface area contributed by atoms with Crippen LogP contribution in [-0.4, -0.2) is 19.1 Å². The molecule has 0 radical (unpaired) electrons. The minimum absolute atomic E-state index is 0.263. The van der Waals surface area contributed by atoms with Crippen molar-refractivity contribution in [2.45, 2.75) is 25.6 Å². The van der Waals surface area contributed by atoms with Gasteiger partial charge in [0.1, 0.15) is 12.5 Å². The molecular weight excluding hydrogens is 210 g/mol. The lowest BCUT2D eigenvalue weighted by Crippen LogP contribution is -2.38. The highest BCUT2D eigenvalue weighted by Crippen LogP contribution is 2.18. The Morgan fingerprint density at radius 2 is 2.31 bits per heavy atom. The molecule has 0 spiro atoms. The van der Waals surface area contributed by atoms with Gasteiger partial charge in [0.15, 0.2) is 0 Å². The summed E-state index contributed by atoms with van der Waals surface area (Å²) in [5.74, 6) is -0.374. The maximum Gasteiger partial charge on any atom is 0.146 e. The summed E-state index contributed by atoms with van der Waals surface area (Å²) in [5.41, 5.74) is 0.843. The van der Waals surface area contributed by atoms with Crippen LogP contribution in [0.15, 0.2) is 18.2 Å². The van der Waals surface area contributed by atoms with Gasteiger partial charge in [0.2, 0.25) is 0 Å². The van der Waals surface area contributed by atoms with Crippen molar-refractivity contribution in [2.24, 2.45) is 0 Å². The molecule has 4 heteroatoms. The fourth-order valence-corrected chi connectivity index (χ4v) is 1.95. The second kappa shape index (κ2) is 5.25. The molecule has 0 aliphatic carbocycles. The van der Waals surface area contributed by atoms with Gasteiger partial charge in [-0.25, -0.2) is 8.78 Å². The van der Waals surface area contributed by atoms with Crippen LogP contribution in [0.25, 0.3) is 0 Å². The summed E-state index contributed by atoms with van der Waals surface area (Å²) in [6.45, 7) is 1.26. The van der Waals surface area contributed by atoms with Gasteiger partial charge in [-0.05, 0) is 37.1 Å². The van der Waals surface area contributed by atoms with E-state index < -0.39 is 6.67 Å². The van der Waals surface area contributed by atoms with E-state index in [9.17, 15) is 8.78 Å². The average molecular weight is 226 g/mol. The summed E-state index contributed by atoms with van der Waals surface area (Å²) < 4.78 is 25.8. The zero-order valence-corrected chi connectivity index (χ0v) is 9.10. The number of benzene rings is 1. The van der Waals surface area contributed by atoms with Gasteiger partial charge in [-0.15, -0.1) is 0 Å². The number of hydrogen-bond donors (Lipinski definition) is 2. The standard InChI is InChI=1S/C12H16F2N2/c13-7-9-3-4-12(11(14)6-9)16-10-2-1-5-15-8-10/h3-4,6,10,15-16H,1-2,5,7-8H2. The Morgan fingerprint density at radius 1 is 1.44 bits per heavy atom. The van der Waals surface area contributed by atoms with Crippen molar-refractivity contribution in [2.75, 3.05) is 18.4 Å². The molecule has 1 saturated heterocycles. The molecular formula is C12H16F2N2. The number of nitrogens with one attached hydrogen (secondary N) is 2. The van der Waals surface area contributed by atoms with Crippen molar-refractivity contribution in [3.05, 3.63) is 29.6 Å². The van der Waals surface area contributed by atoms with Gasteiger partial charge in [-0.1, -0.05) is 6.07 Å². The van der Waals surface area contributed by atoms with Crippen LogP contribution < -0.4 is 10.6 Å². The van der Waals surface area contributed by atoms with Crippen LogP contribution in [0.1, 0.15) is 18.4 Å². The first-order valence-corrected chi connectivity index (χ1v) is 5.61. The van der Waals surface area contributed by atoms with Gasteiger partial charge in [0.25, 0.3) is 0 Å². The predicted octanol–water partition coefficient (Wildman–Crippen LogP) is 2.46. The van der Waals surface area contributed by atoms with E-state index in [0.717, 1.165) is 25.9 Å². The molecule has 88 valence electrons. The molecule has 2 rings (SSSR count). The third-order valence-electron chi connectivity index (χ3n) is 2.84. The summed E-state index contributed by atoms with van der Waals surface area (Å²) in [7, 11) is 0. The Bertz CT molecular complexity index is 349. The highest BCUT2D eigenvalue weighted by molar-refractivity contribution is 5.47. The zero-order chi connectivity index (χ0) is 11.4. The third kappa shape index (κ3) is 2.70. The van der Waals surface area contributed by atoms with E-state index in [-0.39, 0.29) is 11.9 Å². The first-order valence-electron chi connectivity index (χ1n) is 5.61. The molecule has 1 aromatic carbocycles. The lowest BCUT2D eigenvalue weighted by molar-refractivity contribution is 0.475. The second-order valence-corrected chi connectivity index (χ2v) is 4.14. The van der Waals surface area contributed by atoms with Crippen molar-refractivity contribution in [3.8, 4) is 0 Å². The van der Waals surface area contributed by atoms with E-state index in [4.69, 9.17) is 0 Å². The summed E-state index contributed by atoms with van der Waals surface area (Å²) in [6.07, 6.45) is 2.14. The number of piperidine rings is 1. The number of rotatable bonds is 3. The molecule has 1 atom stereocenters. The van der Waals surface area contributed by atoms with Crippen LogP contribution >= 0.6 is 0 Å². The normalized spacial score (nSPS) is 20.8. The first kappa shape index (κ1) is 11.3. The van der Waals surface area contributed by atoms with E-state index in [1.807, 2.05) is 0 Å². The molecule has 2 N–H and O–H groups in total. The van der Waals surface area contributed by atoms with E-state index >= 15 is 0 Å². The Labute approximate surface area is 94.0 Å². The van der Waals surface area contributed by atoms with Crippen molar-refractivity contribution in [1.82, 2.24) is 5.32 Å². The molecule has 0 aromatic heterocycles. The highest BCUT2D eigenvalue weighted by Gasteiger charge is 2.14. The van der Waals surface area contributed by atoms with Gasteiger partial charge in [0.05, 0.1) is 5.69 Å². The van der Waals surface area contributed by atoms with Crippen molar-refractivity contribution < 1.29 is 8.78 Å². The van der Waals surface area contributed by atoms with Crippen LogP contribution in [0.5, 0.6) is 0 Å². The summed E-state index contributed by atoms with van der Waals surface area (Å²) >= 11 is 0. The van der Waals surface area contributed by atoms with Gasteiger partial charge >= 0.3 is 0 Å². The zero-order valence-electron chi connectivity index (χ0n) is 9.10. The second-order valence-electron chi connectivity index (χ2n) is 4.14. The molecule has 0 amide bonds. The Hall–Kier alpha value is -1.16. The van der Waals surface area contributed by atoms with Gasteiger partial charge in [0, 0.05) is 12.6 Å². The summed E-state index contributed by atoms with van der Waals surface area (Å²) in [5, 5.41) is 6.39. The smallest absolute Gasteiger partial charge is 0.146 e. The molecule has 1 unspecified atom stereocenters. The quantitative estimate of drug-likeness (QED) is 0.827. The monoisotopic (exact) mass is 226 g/mol. The highest BCUT2D eigenvalue weighted by atomic mass is 19.1. The van der Waals surface area contributed by atoms with Crippen molar-refractivity contribution in [3.63, 3.8) is 0 Å². The SMILES string of the molecule is FCc1ccc(NC2CCCNC2)c(F)c1. The van der Waals surface area contributed by atoms with Crippen LogP contribution in [0, 0.1) is 5.82 Å². The fraction of sp³-hybridized carbons (Fsp3) is 0.500. The fourth-order valence-electron chi connectivity index (χ4n) is 1.95. The van der Waals surface area contributed by atoms with Crippen molar-refractivity contribution in [1.29, 1.82) is 0 Å². The lowest BCUT2D eigenvalue weighted by atomic mass is 10.1.